The second-order valence-electron chi connectivity index (χ2n) is 3.12. The molecule has 0 amide bonds. The van der Waals surface area contributed by atoms with Crippen LogP contribution in [0.3, 0.4) is 0 Å². The van der Waals surface area contributed by atoms with Crippen LogP contribution in [0, 0.1) is 0 Å². The van der Waals surface area contributed by atoms with Crippen LogP contribution in [0.1, 0.15) is 25.6 Å². The molecular weight excluding hydrogens is 188 g/mol. The predicted molar refractivity (Wildman–Crippen MR) is 50.9 cm³/mol. The van der Waals surface area contributed by atoms with Crippen molar-refractivity contribution in [1.82, 2.24) is 15.0 Å². The van der Waals surface area contributed by atoms with Crippen LogP contribution < -0.4 is 5.32 Å². The summed E-state index contributed by atoms with van der Waals surface area (Å²) < 4.78 is 0. The maximum Gasteiger partial charge on any atom is 0.227 e. The van der Waals surface area contributed by atoms with Crippen molar-refractivity contribution >= 4 is 17.5 Å². The maximum absolute atomic E-state index is 5.73. The third-order valence-electron chi connectivity index (χ3n) is 1.88. The van der Waals surface area contributed by atoms with Gasteiger partial charge in [0.2, 0.25) is 11.2 Å². The minimum atomic E-state index is 0.273. The van der Waals surface area contributed by atoms with Crippen LogP contribution >= 0.6 is 11.6 Å². The van der Waals surface area contributed by atoms with Gasteiger partial charge in [-0.3, -0.25) is 0 Å². The van der Waals surface area contributed by atoms with E-state index < -0.39 is 0 Å². The zero-order valence-electron chi connectivity index (χ0n) is 7.42. The van der Waals surface area contributed by atoms with Crippen molar-refractivity contribution in [2.75, 3.05) is 5.32 Å². The lowest BCUT2D eigenvalue weighted by Gasteiger charge is -2.03. The quantitative estimate of drug-likeness (QED) is 0.803. The van der Waals surface area contributed by atoms with Gasteiger partial charge in [-0.05, 0) is 24.4 Å². The summed E-state index contributed by atoms with van der Waals surface area (Å²) in [5.41, 5.74) is 0. The van der Waals surface area contributed by atoms with E-state index in [9.17, 15) is 0 Å². The molecule has 0 spiro atoms. The van der Waals surface area contributed by atoms with E-state index in [1.54, 1.807) is 0 Å². The fourth-order valence-corrected chi connectivity index (χ4v) is 1.20. The van der Waals surface area contributed by atoms with E-state index in [1.807, 2.05) is 6.92 Å². The molecule has 2 rings (SSSR count). The SMILES string of the molecule is CCc1nc(Cl)nc(NC2CC2)n1. The number of hydrogen-bond donors (Lipinski definition) is 1. The highest BCUT2D eigenvalue weighted by Crippen LogP contribution is 2.23. The molecule has 0 aromatic carbocycles. The number of rotatable bonds is 3. The first-order valence-electron chi connectivity index (χ1n) is 4.45. The Bertz CT molecular complexity index is 311. The molecule has 0 atom stereocenters. The maximum atomic E-state index is 5.73. The highest BCUT2D eigenvalue weighted by atomic mass is 35.5. The number of aryl methyl sites for hydroxylation is 1. The zero-order valence-corrected chi connectivity index (χ0v) is 8.17. The standard InChI is InChI=1S/C8H11ClN4/c1-2-6-11-7(9)13-8(12-6)10-5-3-4-5/h5H,2-4H2,1H3,(H,10,11,12,13). The van der Waals surface area contributed by atoms with Gasteiger partial charge in [-0.1, -0.05) is 6.92 Å². The van der Waals surface area contributed by atoms with Gasteiger partial charge < -0.3 is 5.32 Å². The molecule has 1 aromatic heterocycles. The monoisotopic (exact) mass is 198 g/mol. The number of hydrogen-bond acceptors (Lipinski definition) is 4. The normalized spacial score (nSPS) is 15.8. The van der Waals surface area contributed by atoms with Crippen LogP contribution in [-0.4, -0.2) is 21.0 Å². The number of nitrogens with zero attached hydrogens (tertiary/aromatic N) is 3. The van der Waals surface area contributed by atoms with E-state index in [4.69, 9.17) is 11.6 Å². The second-order valence-corrected chi connectivity index (χ2v) is 3.45. The van der Waals surface area contributed by atoms with Crippen LogP contribution in [0.25, 0.3) is 0 Å². The van der Waals surface area contributed by atoms with Crippen LogP contribution in [0.4, 0.5) is 5.95 Å². The Balaban J connectivity index is 2.17. The summed E-state index contributed by atoms with van der Waals surface area (Å²) in [5.74, 6) is 1.35. The lowest BCUT2D eigenvalue weighted by molar-refractivity contribution is 0.890. The lowest BCUT2D eigenvalue weighted by Crippen LogP contribution is -2.08. The van der Waals surface area contributed by atoms with E-state index in [2.05, 4.69) is 20.3 Å². The first-order chi connectivity index (χ1) is 6.28. The van der Waals surface area contributed by atoms with Crippen LogP contribution in [-0.2, 0) is 6.42 Å². The Morgan fingerprint density at radius 1 is 1.38 bits per heavy atom. The summed E-state index contributed by atoms with van der Waals surface area (Å²) >= 11 is 5.73. The van der Waals surface area contributed by atoms with Gasteiger partial charge in [-0.2, -0.15) is 9.97 Å². The van der Waals surface area contributed by atoms with Crippen molar-refractivity contribution in [3.63, 3.8) is 0 Å². The summed E-state index contributed by atoms with van der Waals surface area (Å²) in [7, 11) is 0. The summed E-state index contributed by atoms with van der Waals surface area (Å²) in [6.45, 7) is 1.99. The van der Waals surface area contributed by atoms with Crippen LogP contribution in [0.5, 0.6) is 0 Å². The Hall–Kier alpha value is -0.900. The van der Waals surface area contributed by atoms with Gasteiger partial charge in [-0.15, -0.1) is 0 Å². The summed E-state index contributed by atoms with van der Waals surface area (Å²) in [6.07, 6.45) is 3.18. The molecule has 1 aliphatic rings. The number of aromatic nitrogens is 3. The van der Waals surface area contributed by atoms with Gasteiger partial charge in [0.15, 0.2) is 0 Å². The van der Waals surface area contributed by atoms with Gasteiger partial charge in [0.1, 0.15) is 5.82 Å². The summed E-state index contributed by atoms with van der Waals surface area (Å²) in [5, 5.41) is 3.46. The lowest BCUT2D eigenvalue weighted by atomic mass is 10.5. The van der Waals surface area contributed by atoms with Crippen molar-refractivity contribution < 1.29 is 0 Å². The Morgan fingerprint density at radius 3 is 2.77 bits per heavy atom. The van der Waals surface area contributed by atoms with Gasteiger partial charge in [-0.25, -0.2) is 4.98 Å². The van der Waals surface area contributed by atoms with Crippen molar-refractivity contribution in [3.05, 3.63) is 11.1 Å². The molecule has 0 saturated heterocycles. The topological polar surface area (TPSA) is 50.7 Å². The molecule has 13 heavy (non-hydrogen) atoms. The third-order valence-corrected chi connectivity index (χ3v) is 2.05. The van der Waals surface area contributed by atoms with E-state index in [0.29, 0.717) is 12.0 Å². The van der Waals surface area contributed by atoms with Crippen molar-refractivity contribution in [1.29, 1.82) is 0 Å². The van der Waals surface area contributed by atoms with E-state index in [-0.39, 0.29) is 5.28 Å². The Morgan fingerprint density at radius 2 is 2.15 bits per heavy atom. The zero-order chi connectivity index (χ0) is 9.26. The highest BCUT2D eigenvalue weighted by molar-refractivity contribution is 6.28. The van der Waals surface area contributed by atoms with Gasteiger partial charge in [0.25, 0.3) is 0 Å². The minimum absolute atomic E-state index is 0.273. The molecule has 1 fully saturated rings. The fraction of sp³-hybridized carbons (Fsp3) is 0.625. The summed E-state index contributed by atoms with van der Waals surface area (Å²) in [4.78, 5) is 12.2. The molecule has 1 heterocycles. The van der Waals surface area contributed by atoms with Crippen molar-refractivity contribution in [2.24, 2.45) is 0 Å². The molecule has 4 nitrogen and oxygen atoms in total. The van der Waals surface area contributed by atoms with E-state index >= 15 is 0 Å². The Labute approximate surface area is 81.8 Å². The molecular formula is C8H11ClN4. The first-order valence-corrected chi connectivity index (χ1v) is 4.82. The molecule has 1 saturated carbocycles. The van der Waals surface area contributed by atoms with Gasteiger partial charge >= 0.3 is 0 Å². The van der Waals surface area contributed by atoms with E-state index in [1.165, 1.54) is 12.8 Å². The molecule has 70 valence electrons. The molecule has 0 unspecified atom stereocenters. The number of halogens is 1. The predicted octanol–water partition coefficient (Wildman–Crippen LogP) is 1.66. The van der Waals surface area contributed by atoms with Gasteiger partial charge in [0, 0.05) is 12.5 Å². The molecule has 1 aromatic rings. The van der Waals surface area contributed by atoms with Crippen LogP contribution in [0.15, 0.2) is 0 Å². The molecule has 1 aliphatic carbocycles. The smallest absolute Gasteiger partial charge is 0.227 e. The minimum Gasteiger partial charge on any atom is -0.351 e. The highest BCUT2D eigenvalue weighted by Gasteiger charge is 2.22. The molecule has 5 heteroatoms. The molecule has 0 radical (unpaired) electrons. The average molecular weight is 199 g/mol. The third kappa shape index (κ3) is 2.28. The first kappa shape index (κ1) is 8.69. The largest absolute Gasteiger partial charge is 0.351 e. The Kier molecular flexibility index (Phi) is 2.31. The number of nitrogens with one attached hydrogen (secondary N) is 1. The molecule has 0 bridgehead atoms. The second kappa shape index (κ2) is 3.46. The average Bonchev–Trinajstić information content (AvgIpc) is 2.87. The molecule has 0 aliphatic heterocycles. The molecule has 1 N–H and O–H groups in total. The fourth-order valence-electron chi connectivity index (χ4n) is 1.02. The van der Waals surface area contributed by atoms with Crippen LogP contribution in [0.2, 0.25) is 5.28 Å². The number of anilines is 1. The van der Waals surface area contributed by atoms with E-state index in [0.717, 1.165) is 12.2 Å². The van der Waals surface area contributed by atoms with Crippen molar-refractivity contribution in [2.45, 2.75) is 32.2 Å². The van der Waals surface area contributed by atoms with Crippen molar-refractivity contribution in [3.8, 4) is 0 Å². The summed E-state index contributed by atoms with van der Waals surface area (Å²) in [6, 6.07) is 0.545. The van der Waals surface area contributed by atoms with Gasteiger partial charge in [0.05, 0.1) is 0 Å².